The molecule has 0 atom stereocenters. The topological polar surface area (TPSA) is 95.9 Å². The summed E-state index contributed by atoms with van der Waals surface area (Å²) in [6.45, 7) is 0.621. The van der Waals surface area contributed by atoms with E-state index in [1.807, 2.05) is 24.3 Å². The number of fused-ring (bicyclic) bond motifs is 3. The predicted octanol–water partition coefficient (Wildman–Crippen LogP) is 4.50. The van der Waals surface area contributed by atoms with Gasteiger partial charge in [-0.2, -0.15) is 11.8 Å². The van der Waals surface area contributed by atoms with Gasteiger partial charge in [0.15, 0.2) is 0 Å². The van der Waals surface area contributed by atoms with Crippen molar-refractivity contribution in [1.82, 2.24) is 10.2 Å². The molecule has 0 heterocycles. The van der Waals surface area contributed by atoms with Gasteiger partial charge < -0.3 is 20.1 Å². The van der Waals surface area contributed by atoms with Crippen LogP contribution in [0.4, 0.5) is 4.79 Å². The Morgan fingerprint density at radius 1 is 1.03 bits per heavy atom. The van der Waals surface area contributed by atoms with E-state index in [1.54, 1.807) is 7.05 Å². The van der Waals surface area contributed by atoms with E-state index >= 15 is 0 Å². The van der Waals surface area contributed by atoms with Crippen molar-refractivity contribution in [3.8, 4) is 11.1 Å². The molecule has 2 aromatic rings. The van der Waals surface area contributed by atoms with Gasteiger partial charge in [0.1, 0.15) is 12.1 Å². The summed E-state index contributed by atoms with van der Waals surface area (Å²) in [6.07, 6.45) is 3.16. The van der Waals surface area contributed by atoms with Gasteiger partial charge in [-0.3, -0.25) is 4.79 Å². The Balaban J connectivity index is 1.19. The number of ether oxygens (including phenoxy) is 1. The van der Waals surface area contributed by atoms with Gasteiger partial charge in [-0.1, -0.05) is 67.8 Å². The van der Waals surface area contributed by atoms with Gasteiger partial charge in [-0.25, -0.2) is 9.59 Å². The second kappa shape index (κ2) is 11.2. The number of alkyl carbamates (subject to hydrolysis) is 1. The fourth-order valence-corrected chi connectivity index (χ4v) is 5.96. The monoisotopic (exact) mass is 496 g/mol. The third-order valence-electron chi connectivity index (χ3n) is 7.18. The van der Waals surface area contributed by atoms with Crippen LogP contribution in [0.1, 0.15) is 49.1 Å². The van der Waals surface area contributed by atoms with E-state index < -0.39 is 17.6 Å². The van der Waals surface area contributed by atoms with Crippen LogP contribution in [0.2, 0.25) is 0 Å². The molecule has 1 fully saturated rings. The molecular formula is C27H32N2O5S. The molecule has 2 N–H and O–H groups in total. The minimum absolute atomic E-state index is 0.0111. The molecule has 35 heavy (non-hydrogen) atoms. The summed E-state index contributed by atoms with van der Waals surface area (Å²) in [5, 5.41) is 12.5. The number of rotatable bonds is 9. The molecule has 0 bridgehead atoms. The van der Waals surface area contributed by atoms with Crippen molar-refractivity contribution < 1.29 is 24.2 Å². The fourth-order valence-electron chi connectivity index (χ4n) is 5.20. The quantitative estimate of drug-likeness (QED) is 0.496. The van der Waals surface area contributed by atoms with Crippen LogP contribution in [0.5, 0.6) is 0 Å². The van der Waals surface area contributed by atoms with Crippen molar-refractivity contribution in [1.29, 1.82) is 0 Å². The molecule has 2 aliphatic carbocycles. The number of carbonyl (C=O) groups excluding carboxylic acids is 2. The first kappa shape index (κ1) is 25.1. The largest absolute Gasteiger partial charge is 0.479 e. The number of nitrogens with one attached hydrogen (secondary N) is 1. The molecule has 4 rings (SSSR count). The Morgan fingerprint density at radius 2 is 1.63 bits per heavy atom. The van der Waals surface area contributed by atoms with Crippen LogP contribution in [0.3, 0.4) is 0 Å². The zero-order valence-corrected chi connectivity index (χ0v) is 20.8. The summed E-state index contributed by atoms with van der Waals surface area (Å²) in [7, 11) is 1.59. The normalized spacial score (nSPS) is 16.1. The number of thioether (sulfide) groups is 1. The highest BCUT2D eigenvalue weighted by Gasteiger charge is 2.45. The molecule has 8 heteroatoms. The zero-order valence-electron chi connectivity index (χ0n) is 20.0. The number of aliphatic carboxylic acids is 1. The Labute approximate surface area is 210 Å². The lowest BCUT2D eigenvalue weighted by molar-refractivity contribution is -0.159. The second-order valence-corrected chi connectivity index (χ2v) is 10.3. The van der Waals surface area contributed by atoms with Crippen molar-refractivity contribution in [2.24, 2.45) is 0 Å². The molecule has 0 radical (unpaired) electrons. The molecule has 7 nitrogen and oxygen atoms in total. The number of hydrogen-bond acceptors (Lipinski definition) is 5. The predicted molar refractivity (Wildman–Crippen MR) is 137 cm³/mol. The lowest BCUT2D eigenvalue weighted by Gasteiger charge is -2.41. The summed E-state index contributed by atoms with van der Waals surface area (Å²) in [5.41, 5.74) is 3.60. The van der Waals surface area contributed by atoms with Gasteiger partial charge in [0.2, 0.25) is 5.91 Å². The summed E-state index contributed by atoms with van der Waals surface area (Å²) in [6, 6.07) is 16.4. The van der Waals surface area contributed by atoms with Crippen LogP contribution >= 0.6 is 11.8 Å². The number of benzene rings is 2. The highest BCUT2D eigenvalue weighted by Crippen LogP contribution is 2.44. The fraction of sp³-hybridized carbons (Fsp3) is 0.444. The average Bonchev–Trinajstić information content (AvgIpc) is 3.20. The third kappa shape index (κ3) is 5.32. The van der Waals surface area contributed by atoms with Gasteiger partial charge in [-0.05, 0) is 35.1 Å². The molecule has 0 saturated heterocycles. The molecule has 0 unspecified atom stereocenters. The van der Waals surface area contributed by atoms with Gasteiger partial charge in [0, 0.05) is 25.3 Å². The molecule has 0 aliphatic heterocycles. The standard InChI is InChI=1S/C27H32N2O5S/c1-29(27(25(31)32)13-7-2-8-14-27)24(30)18-35-16-15-28-26(33)34-17-23-21-11-5-3-9-19(21)20-10-4-6-12-22(20)23/h3-6,9-12,23H,2,7-8,13-18H2,1H3,(H,28,33)(H,31,32). The van der Waals surface area contributed by atoms with Crippen LogP contribution in [0.15, 0.2) is 48.5 Å². The van der Waals surface area contributed by atoms with Crippen LogP contribution < -0.4 is 5.32 Å². The van der Waals surface area contributed by atoms with Crippen molar-refractivity contribution in [3.05, 3.63) is 59.7 Å². The highest BCUT2D eigenvalue weighted by molar-refractivity contribution is 7.99. The van der Waals surface area contributed by atoms with Crippen molar-refractivity contribution in [2.45, 2.75) is 43.6 Å². The van der Waals surface area contributed by atoms with Crippen LogP contribution in [-0.2, 0) is 14.3 Å². The van der Waals surface area contributed by atoms with E-state index in [0.717, 1.165) is 30.4 Å². The number of nitrogens with zero attached hydrogens (tertiary/aromatic N) is 1. The minimum atomic E-state index is -1.09. The maximum absolute atomic E-state index is 12.6. The van der Waals surface area contributed by atoms with E-state index in [-0.39, 0.29) is 24.2 Å². The van der Waals surface area contributed by atoms with E-state index in [9.17, 15) is 19.5 Å². The molecule has 2 aromatic carbocycles. The van der Waals surface area contributed by atoms with E-state index in [4.69, 9.17) is 4.74 Å². The van der Waals surface area contributed by atoms with Crippen molar-refractivity contribution >= 4 is 29.7 Å². The molecule has 2 aliphatic rings. The van der Waals surface area contributed by atoms with Crippen LogP contribution in [-0.4, -0.2) is 65.2 Å². The average molecular weight is 497 g/mol. The lowest BCUT2D eigenvalue weighted by atomic mass is 9.80. The number of hydrogen-bond donors (Lipinski definition) is 2. The van der Waals surface area contributed by atoms with Crippen LogP contribution in [0, 0.1) is 0 Å². The first-order valence-corrected chi connectivity index (χ1v) is 13.3. The van der Waals surface area contributed by atoms with E-state index in [2.05, 4.69) is 29.6 Å². The first-order valence-electron chi connectivity index (χ1n) is 12.1. The van der Waals surface area contributed by atoms with E-state index in [1.165, 1.54) is 27.8 Å². The summed E-state index contributed by atoms with van der Waals surface area (Å²) < 4.78 is 5.52. The Hall–Kier alpha value is -3.00. The van der Waals surface area contributed by atoms with Crippen LogP contribution in [0.25, 0.3) is 11.1 Å². The second-order valence-electron chi connectivity index (χ2n) is 9.16. The summed E-state index contributed by atoms with van der Waals surface area (Å²) in [5.74, 6) is -0.394. The van der Waals surface area contributed by atoms with Gasteiger partial charge in [0.05, 0.1) is 5.75 Å². The molecule has 1 saturated carbocycles. The minimum Gasteiger partial charge on any atom is -0.479 e. The smallest absolute Gasteiger partial charge is 0.407 e. The summed E-state index contributed by atoms with van der Waals surface area (Å²) >= 11 is 1.38. The molecular weight excluding hydrogens is 464 g/mol. The molecule has 0 spiro atoms. The number of carboxylic acid groups (broad SMARTS) is 1. The molecule has 0 aromatic heterocycles. The zero-order chi connectivity index (χ0) is 24.8. The lowest BCUT2D eigenvalue weighted by Crippen LogP contribution is -2.56. The first-order chi connectivity index (χ1) is 16.9. The van der Waals surface area contributed by atoms with Gasteiger partial charge in [0.25, 0.3) is 0 Å². The molecule has 186 valence electrons. The SMILES string of the molecule is CN(C(=O)CSCCNC(=O)OCC1c2ccccc2-c2ccccc21)C1(C(=O)O)CCCCC1. The number of carbonyl (C=O) groups is 3. The maximum atomic E-state index is 12.6. The van der Waals surface area contributed by atoms with Gasteiger partial charge in [-0.15, -0.1) is 0 Å². The highest BCUT2D eigenvalue weighted by atomic mass is 32.2. The third-order valence-corrected chi connectivity index (χ3v) is 8.12. The number of amides is 2. The molecule has 2 amide bonds. The van der Waals surface area contributed by atoms with E-state index in [0.29, 0.717) is 25.1 Å². The van der Waals surface area contributed by atoms with Crippen molar-refractivity contribution in [3.63, 3.8) is 0 Å². The Morgan fingerprint density at radius 3 is 2.23 bits per heavy atom. The number of carboxylic acids is 1. The number of likely N-dealkylation sites (N-methyl/N-ethyl adjacent to an activating group) is 1. The van der Waals surface area contributed by atoms with Crippen molar-refractivity contribution in [2.75, 3.05) is 31.7 Å². The maximum Gasteiger partial charge on any atom is 0.407 e. The Kier molecular flexibility index (Phi) is 8.00. The van der Waals surface area contributed by atoms with Gasteiger partial charge >= 0.3 is 12.1 Å². The summed E-state index contributed by atoms with van der Waals surface area (Å²) in [4.78, 5) is 38.2. The Bertz CT molecular complexity index is 1040.